The number of amides is 1. The van der Waals surface area contributed by atoms with Gasteiger partial charge in [-0.15, -0.1) is 0 Å². The van der Waals surface area contributed by atoms with Gasteiger partial charge in [-0.2, -0.15) is 0 Å². The smallest absolute Gasteiger partial charge is 0.237 e. The number of hydrogen-bond donors (Lipinski definition) is 2. The zero-order valence-electron chi connectivity index (χ0n) is 8.14. The van der Waals surface area contributed by atoms with Gasteiger partial charge >= 0.3 is 0 Å². The number of nitrogens with one attached hydrogen (secondary N) is 2. The molecule has 1 heterocycles. The van der Waals surface area contributed by atoms with E-state index in [9.17, 15) is 4.79 Å². The highest BCUT2D eigenvalue weighted by Gasteiger charge is 2.20. The molecule has 13 heavy (non-hydrogen) atoms. The highest BCUT2D eigenvalue weighted by atomic mass is 16.5. The van der Waals surface area contributed by atoms with Gasteiger partial charge in [-0.3, -0.25) is 4.79 Å². The van der Waals surface area contributed by atoms with Gasteiger partial charge in [0.1, 0.15) is 0 Å². The molecule has 76 valence electrons. The van der Waals surface area contributed by atoms with Crippen molar-refractivity contribution in [2.75, 3.05) is 26.8 Å². The Morgan fingerprint density at radius 2 is 2.54 bits per heavy atom. The predicted octanol–water partition coefficient (Wildman–Crippen LogP) is -0.109. The Morgan fingerprint density at radius 1 is 1.69 bits per heavy atom. The lowest BCUT2D eigenvalue weighted by Gasteiger charge is -2.10. The minimum Gasteiger partial charge on any atom is -0.385 e. The van der Waals surface area contributed by atoms with Crippen molar-refractivity contribution in [3.8, 4) is 0 Å². The second-order valence-corrected chi connectivity index (χ2v) is 3.29. The van der Waals surface area contributed by atoms with Crippen LogP contribution in [0.2, 0.25) is 0 Å². The Morgan fingerprint density at radius 3 is 3.15 bits per heavy atom. The van der Waals surface area contributed by atoms with Gasteiger partial charge in [0.2, 0.25) is 5.91 Å². The first kappa shape index (κ1) is 10.5. The molecule has 1 fully saturated rings. The second kappa shape index (κ2) is 5.94. The zero-order chi connectivity index (χ0) is 9.52. The summed E-state index contributed by atoms with van der Waals surface area (Å²) in [6.07, 6.45) is 2.96. The van der Waals surface area contributed by atoms with E-state index in [1.165, 1.54) is 0 Å². The first-order valence-corrected chi connectivity index (χ1v) is 4.84. The Bertz CT molecular complexity index is 156. The first-order chi connectivity index (χ1) is 6.34. The fourth-order valence-corrected chi connectivity index (χ4v) is 1.46. The van der Waals surface area contributed by atoms with Gasteiger partial charge in [-0.1, -0.05) is 0 Å². The molecule has 1 amide bonds. The lowest BCUT2D eigenvalue weighted by atomic mass is 10.2. The van der Waals surface area contributed by atoms with E-state index in [1.54, 1.807) is 7.11 Å². The van der Waals surface area contributed by atoms with Crippen molar-refractivity contribution < 1.29 is 9.53 Å². The van der Waals surface area contributed by atoms with E-state index in [-0.39, 0.29) is 11.9 Å². The van der Waals surface area contributed by atoms with Gasteiger partial charge in [-0.05, 0) is 25.8 Å². The molecular formula is C9H18N2O2. The predicted molar refractivity (Wildman–Crippen MR) is 50.5 cm³/mol. The molecular weight excluding hydrogens is 168 g/mol. The minimum atomic E-state index is 0.0440. The highest BCUT2D eigenvalue weighted by molar-refractivity contribution is 5.81. The molecule has 0 saturated carbocycles. The van der Waals surface area contributed by atoms with Gasteiger partial charge < -0.3 is 15.4 Å². The zero-order valence-corrected chi connectivity index (χ0v) is 8.14. The van der Waals surface area contributed by atoms with E-state index in [0.29, 0.717) is 13.2 Å². The van der Waals surface area contributed by atoms with Crippen molar-refractivity contribution in [1.29, 1.82) is 0 Å². The topological polar surface area (TPSA) is 50.4 Å². The van der Waals surface area contributed by atoms with Crippen LogP contribution in [0.4, 0.5) is 0 Å². The summed E-state index contributed by atoms with van der Waals surface area (Å²) >= 11 is 0. The summed E-state index contributed by atoms with van der Waals surface area (Å²) in [5.41, 5.74) is 0. The number of rotatable bonds is 5. The molecule has 0 bridgehead atoms. The molecule has 4 heteroatoms. The molecule has 0 aromatic carbocycles. The summed E-state index contributed by atoms with van der Waals surface area (Å²) in [6, 6.07) is 0.0440. The van der Waals surface area contributed by atoms with Gasteiger partial charge in [0.05, 0.1) is 6.04 Å². The van der Waals surface area contributed by atoms with Crippen molar-refractivity contribution in [2.24, 2.45) is 0 Å². The number of methoxy groups -OCH3 is 1. The average Bonchev–Trinajstić information content (AvgIpc) is 2.65. The molecule has 1 saturated heterocycles. The first-order valence-electron chi connectivity index (χ1n) is 4.84. The summed E-state index contributed by atoms with van der Waals surface area (Å²) in [5.74, 6) is 0.133. The third-order valence-corrected chi connectivity index (χ3v) is 2.20. The van der Waals surface area contributed by atoms with E-state index in [2.05, 4.69) is 10.6 Å². The molecule has 1 aliphatic heterocycles. The summed E-state index contributed by atoms with van der Waals surface area (Å²) < 4.78 is 4.88. The summed E-state index contributed by atoms with van der Waals surface area (Å²) in [5, 5.41) is 6.03. The van der Waals surface area contributed by atoms with Crippen LogP contribution in [0.3, 0.4) is 0 Å². The van der Waals surface area contributed by atoms with Crippen LogP contribution in [-0.4, -0.2) is 38.8 Å². The van der Waals surface area contributed by atoms with Crippen molar-refractivity contribution in [2.45, 2.75) is 25.3 Å². The monoisotopic (exact) mass is 186 g/mol. The Labute approximate surface area is 79.0 Å². The molecule has 0 spiro atoms. The quantitative estimate of drug-likeness (QED) is 0.589. The number of carbonyl (C=O) groups excluding carboxylic acids is 1. The van der Waals surface area contributed by atoms with Crippen LogP contribution in [-0.2, 0) is 9.53 Å². The lowest BCUT2D eigenvalue weighted by molar-refractivity contribution is -0.122. The molecule has 0 radical (unpaired) electrons. The highest BCUT2D eigenvalue weighted by Crippen LogP contribution is 2.04. The van der Waals surface area contributed by atoms with E-state index in [1.807, 2.05) is 0 Å². The molecule has 1 unspecified atom stereocenters. The molecule has 0 aliphatic carbocycles. The van der Waals surface area contributed by atoms with Crippen molar-refractivity contribution in [3.63, 3.8) is 0 Å². The normalized spacial score (nSPS) is 21.8. The fourth-order valence-electron chi connectivity index (χ4n) is 1.46. The summed E-state index contributed by atoms with van der Waals surface area (Å²) in [6.45, 7) is 2.39. The Kier molecular flexibility index (Phi) is 4.78. The van der Waals surface area contributed by atoms with Crippen LogP contribution in [0.1, 0.15) is 19.3 Å². The second-order valence-electron chi connectivity index (χ2n) is 3.29. The van der Waals surface area contributed by atoms with Crippen LogP contribution >= 0.6 is 0 Å². The maximum absolute atomic E-state index is 11.4. The molecule has 0 aromatic rings. The van der Waals surface area contributed by atoms with E-state index >= 15 is 0 Å². The molecule has 4 nitrogen and oxygen atoms in total. The van der Waals surface area contributed by atoms with E-state index in [0.717, 1.165) is 25.8 Å². The Hall–Kier alpha value is -0.610. The fraction of sp³-hybridized carbons (Fsp3) is 0.889. The molecule has 2 N–H and O–H groups in total. The van der Waals surface area contributed by atoms with Crippen LogP contribution in [0.15, 0.2) is 0 Å². The van der Waals surface area contributed by atoms with E-state index < -0.39 is 0 Å². The molecule has 0 aromatic heterocycles. The van der Waals surface area contributed by atoms with Gasteiger partial charge in [0, 0.05) is 20.3 Å². The van der Waals surface area contributed by atoms with Gasteiger partial charge in [-0.25, -0.2) is 0 Å². The lowest BCUT2D eigenvalue weighted by Crippen LogP contribution is -2.40. The number of ether oxygens (including phenoxy) is 1. The van der Waals surface area contributed by atoms with E-state index in [4.69, 9.17) is 4.74 Å². The average molecular weight is 186 g/mol. The standard InChI is InChI=1S/C9H18N2O2/c1-13-7-3-6-11-9(12)8-4-2-5-10-8/h8,10H,2-7H2,1H3,(H,11,12). The maximum Gasteiger partial charge on any atom is 0.237 e. The Balaban J connectivity index is 2.03. The third kappa shape index (κ3) is 3.74. The van der Waals surface area contributed by atoms with Gasteiger partial charge in [0.25, 0.3) is 0 Å². The van der Waals surface area contributed by atoms with Gasteiger partial charge in [0.15, 0.2) is 0 Å². The molecule has 1 atom stereocenters. The summed E-state index contributed by atoms with van der Waals surface area (Å²) in [7, 11) is 1.67. The minimum absolute atomic E-state index is 0.0440. The number of carbonyl (C=O) groups is 1. The van der Waals surface area contributed by atoms with Crippen LogP contribution in [0, 0.1) is 0 Å². The maximum atomic E-state index is 11.4. The van der Waals surface area contributed by atoms with Crippen LogP contribution < -0.4 is 10.6 Å². The van der Waals surface area contributed by atoms with Crippen LogP contribution in [0.5, 0.6) is 0 Å². The SMILES string of the molecule is COCCCNC(=O)C1CCCN1. The molecule has 1 rings (SSSR count). The molecule has 1 aliphatic rings. The summed E-state index contributed by atoms with van der Waals surface area (Å²) in [4.78, 5) is 11.4. The van der Waals surface area contributed by atoms with Crippen molar-refractivity contribution in [1.82, 2.24) is 10.6 Å². The third-order valence-electron chi connectivity index (χ3n) is 2.20. The van der Waals surface area contributed by atoms with Crippen LogP contribution in [0.25, 0.3) is 0 Å². The van der Waals surface area contributed by atoms with Crippen molar-refractivity contribution >= 4 is 5.91 Å². The largest absolute Gasteiger partial charge is 0.385 e. The number of hydrogen-bond acceptors (Lipinski definition) is 3. The van der Waals surface area contributed by atoms with Crippen molar-refractivity contribution in [3.05, 3.63) is 0 Å².